The second-order valence-electron chi connectivity index (χ2n) is 6.88. The Hall–Kier alpha value is -2.81. The van der Waals surface area contributed by atoms with Gasteiger partial charge in [-0.05, 0) is 48.5 Å². The molecule has 2 N–H and O–H groups in total. The third-order valence-electron chi connectivity index (χ3n) is 4.52. The zero-order valence-corrected chi connectivity index (χ0v) is 19.3. The number of hydrogen-bond acceptors (Lipinski definition) is 5. The van der Waals surface area contributed by atoms with E-state index in [0.29, 0.717) is 21.2 Å². The van der Waals surface area contributed by atoms with E-state index >= 15 is 0 Å². The van der Waals surface area contributed by atoms with Gasteiger partial charge in [-0.3, -0.25) is 24.1 Å². The maximum atomic E-state index is 12.6. The van der Waals surface area contributed by atoms with Gasteiger partial charge in [0.2, 0.25) is 5.91 Å². The minimum atomic E-state index is -0.474. The molecule has 0 unspecified atom stereocenters. The molecule has 32 heavy (non-hydrogen) atoms. The molecule has 1 fully saturated rings. The first-order valence-electron chi connectivity index (χ1n) is 9.57. The number of imide groups is 1. The molecule has 7 nitrogen and oxygen atoms in total. The molecule has 0 radical (unpaired) electrons. The third kappa shape index (κ3) is 5.91. The predicted molar refractivity (Wildman–Crippen MR) is 126 cm³/mol. The van der Waals surface area contributed by atoms with Crippen molar-refractivity contribution in [2.45, 2.75) is 6.92 Å². The van der Waals surface area contributed by atoms with Crippen LogP contribution in [0.4, 0.5) is 4.79 Å². The summed E-state index contributed by atoms with van der Waals surface area (Å²) < 4.78 is 0. The Balaban J connectivity index is 1.48. The van der Waals surface area contributed by atoms with Crippen LogP contribution in [0.2, 0.25) is 10.0 Å². The quantitative estimate of drug-likeness (QED) is 0.572. The standard InChI is InChI=1S/C22H19Cl2N3O4S/c1-13-5-7-14(8-6-13)20(29)26-12-18(28)25-9-10-27-21(30)17(32-22(27)31)11-15-3-2-4-16(23)19(15)24/h2-8,11H,9-10,12H2,1H3,(H,25,28)(H,26,29). The number of carbonyl (C=O) groups excluding carboxylic acids is 4. The maximum absolute atomic E-state index is 12.6. The molecule has 2 aromatic rings. The number of thioether (sulfide) groups is 1. The Morgan fingerprint density at radius 3 is 2.50 bits per heavy atom. The van der Waals surface area contributed by atoms with Gasteiger partial charge in [0, 0.05) is 18.7 Å². The van der Waals surface area contributed by atoms with Gasteiger partial charge in [0.1, 0.15) is 0 Å². The molecule has 0 aromatic heterocycles. The molecule has 0 atom stereocenters. The zero-order valence-electron chi connectivity index (χ0n) is 17.0. The van der Waals surface area contributed by atoms with Crippen LogP contribution in [0.25, 0.3) is 6.08 Å². The van der Waals surface area contributed by atoms with Crippen molar-refractivity contribution in [1.82, 2.24) is 15.5 Å². The Kier molecular flexibility index (Phi) is 7.95. The van der Waals surface area contributed by atoms with Crippen molar-refractivity contribution in [3.05, 3.63) is 74.1 Å². The fourth-order valence-electron chi connectivity index (χ4n) is 2.80. The summed E-state index contributed by atoms with van der Waals surface area (Å²) in [4.78, 5) is 50.1. The number of nitrogens with zero attached hydrogens (tertiary/aromatic N) is 1. The van der Waals surface area contributed by atoms with E-state index in [-0.39, 0.29) is 30.4 Å². The predicted octanol–water partition coefficient (Wildman–Crippen LogP) is 3.88. The Labute approximate surface area is 199 Å². The van der Waals surface area contributed by atoms with E-state index in [1.165, 1.54) is 6.08 Å². The first-order valence-corrected chi connectivity index (χ1v) is 11.1. The Morgan fingerprint density at radius 1 is 1.06 bits per heavy atom. The largest absolute Gasteiger partial charge is 0.353 e. The molecular formula is C22H19Cl2N3O4S. The SMILES string of the molecule is Cc1ccc(C(=O)NCC(=O)NCCN2C(=O)SC(=Cc3cccc(Cl)c3Cl)C2=O)cc1. The topological polar surface area (TPSA) is 95.6 Å². The van der Waals surface area contributed by atoms with Gasteiger partial charge in [-0.2, -0.15) is 0 Å². The Bertz CT molecular complexity index is 1100. The number of benzene rings is 2. The lowest BCUT2D eigenvalue weighted by Crippen LogP contribution is -2.41. The van der Waals surface area contributed by atoms with Gasteiger partial charge in [-0.25, -0.2) is 0 Å². The molecule has 0 aliphatic carbocycles. The normalized spacial score (nSPS) is 14.7. The van der Waals surface area contributed by atoms with Gasteiger partial charge in [0.05, 0.1) is 21.5 Å². The van der Waals surface area contributed by atoms with Crippen molar-refractivity contribution in [2.75, 3.05) is 19.6 Å². The fraction of sp³-hybridized carbons (Fsp3) is 0.182. The lowest BCUT2D eigenvalue weighted by molar-refractivity contribution is -0.124. The van der Waals surface area contributed by atoms with E-state index in [1.54, 1.807) is 42.5 Å². The van der Waals surface area contributed by atoms with Crippen LogP contribution in [0.5, 0.6) is 0 Å². The number of halogens is 2. The van der Waals surface area contributed by atoms with Gasteiger partial charge in [0.15, 0.2) is 0 Å². The summed E-state index contributed by atoms with van der Waals surface area (Å²) in [6.07, 6.45) is 1.51. The van der Waals surface area contributed by atoms with Crippen LogP contribution in [0.3, 0.4) is 0 Å². The number of amides is 4. The fourth-order valence-corrected chi connectivity index (χ4v) is 4.02. The number of nitrogens with one attached hydrogen (secondary N) is 2. The third-order valence-corrected chi connectivity index (χ3v) is 6.26. The molecule has 0 saturated carbocycles. The number of aryl methyl sites for hydroxylation is 1. The maximum Gasteiger partial charge on any atom is 0.293 e. The lowest BCUT2D eigenvalue weighted by atomic mass is 10.1. The van der Waals surface area contributed by atoms with Crippen molar-refractivity contribution >= 4 is 64.0 Å². The first kappa shape index (κ1) is 23.8. The summed E-state index contributed by atoms with van der Waals surface area (Å²) in [6.45, 7) is 1.75. The molecule has 0 spiro atoms. The van der Waals surface area contributed by atoms with Crippen LogP contribution >= 0.6 is 35.0 Å². The average Bonchev–Trinajstić information content (AvgIpc) is 3.03. The van der Waals surface area contributed by atoms with E-state index in [2.05, 4.69) is 10.6 Å². The summed E-state index contributed by atoms with van der Waals surface area (Å²) in [5.74, 6) is -1.27. The summed E-state index contributed by atoms with van der Waals surface area (Å²) in [5.41, 5.74) is 2.01. The molecule has 1 heterocycles. The number of hydrogen-bond donors (Lipinski definition) is 2. The van der Waals surface area contributed by atoms with Crippen LogP contribution in [-0.2, 0) is 9.59 Å². The summed E-state index contributed by atoms with van der Waals surface area (Å²) in [5, 5.41) is 5.30. The molecule has 1 saturated heterocycles. The van der Waals surface area contributed by atoms with E-state index < -0.39 is 17.1 Å². The highest BCUT2D eigenvalue weighted by Crippen LogP contribution is 2.34. The smallest absolute Gasteiger partial charge is 0.293 e. The van der Waals surface area contributed by atoms with Gasteiger partial charge >= 0.3 is 0 Å². The van der Waals surface area contributed by atoms with Crippen molar-refractivity contribution in [3.8, 4) is 0 Å². The van der Waals surface area contributed by atoms with E-state index in [9.17, 15) is 19.2 Å². The summed E-state index contributed by atoms with van der Waals surface area (Å²) in [7, 11) is 0. The van der Waals surface area contributed by atoms with Crippen LogP contribution in [0.1, 0.15) is 21.5 Å². The monoisotopic (exact) mass is 491 g/mol. The molecule has 3 rings (SSSR count). The van der Waals surface area contributed by atoms with Crippen LogP contribution in [0, 0.1) is 6.92 Å². The van der Waals surface area contributed by atoms with Crippen LogP contribution in [-0.4, -0.2) is 47.5 Å². The lowest BCUT2D eigenvalue weighted by Gasteiger charge is -2.13. The molecule has 0 bridgehead atoms. The van der Waals surface area contributed by atoms with E-state index in [0.717, 1.165) is 22.2 Å². The highest BCUT2D eigenvalue weighted by Gasteiger charge is 2.34. The highest BCUT2D eigenvalue weighted by molar-refractivity contribution is 8.18. The Morgan fingerprint density at radius 2 is 1.78 bits per heavy atom. The highest BCUT2D eigenvalue weighted by atomic mass is 35.5. The van der Waals surface area contributed by atoms with Crippen molar-refractivity contribution < 1.29 is 19.2 Å². The number of carbonyl (C=O) groups is 4. The molecule has 1 aliphatic heterocycles. The molecular weight excluding hydrogens is 473 g/mol. The van der Waals surface area contributed by atoms with Crippen LogP contribution < -0.4 is 10.6 Å². The summed E-state index contributed by atoms with van der Waals surface area (Å²) in [6, 6.07) is 12.0. The van der Waals surface area contributed by atoms with Crippen molar-refractivity contribution in [3.63, 3.8) is 0 Å². The van der Waals surface area contributed by atoms with Gasteiger partial charge in [-0.1, -0.05) is 53.0 Å². The minimum absolute atomic E-state index is 0.00291. The molecule has 1 aliphatic rings. The molecule has 4 amide bonds. The minimum Gasteiger partial charge on any atom is -0.353 e. The number of rotatable bonds is 7. The van der Waals surface area contributed by atoms with E-state index in [1.807, 2.05) is 6.92 Å². The molecule has 166 valence electrons. The summed E-state index contributed by atoms with van der Waals surface area (Å²) >= 11 is 12.9. The molecule has 10 heteroatoms. The second-order valence-corrected chi connectivity index (χ2v) is 8.65. The van der Waals surface area contributed by atoms with Gasteiger partial charge in [-0.15, -0.1) is 0 Å². The second kappa shape index (κ2) is 10.7. The zero-order chi connectivity index (χ0) is 23.3. The molecule has 2 aromatic carbocycles. The van der Waals surface area contributed by atoms with Crippen molar-refractivity contribution in [1.29, 1.82) is 0 Å². The van der Waals surface area contributed by atoms with Crippen LogP contribution in [0.15, 0.2) is 47.4 Å². The first-order chi connectivity index (χ1) is 15.3. The van der Waals surface area contributed by atoms with Crippen molar-refractivity contribution in [2.24, 2.45) is 0 Å². The van der Waals surface area contributed by atoms with E-state index in [4.69, 9.17) is 23.2 Å². The average molecular weight is 492 g/mol. The van der Waals surface area contributed by atoms with Gasteiger partial charge in [0.25, 0.3) is 17.1 Å². The van der Waals surface area contributed by atoms with Gasteiger partial charge < -0.3 is 10.6 Å².